The van der Waals surface area contributed by atoms with Crippen molar-refractivity contribution in [2.45, 2.75) is 18.8 Å². The third-order valence-electron chi connectivity index (χ3n) is 4.59. The number of aromatic amines is 1. The molecule has 0 radical (unpaired) electrons. The van der Waals surface area contributed by atoms with Crippen molar-refractivity contribution in [3.05, 3.63) is 57.2 Å². The molecule has 0 aliphatic carbocycles. The number of hydrogen-bond donors (Lipinski definition) is 1. The van der Waals surface area contributed by atoms with Gasteiger partial charge in [-0.3, -0.25) is 10.1 Å². The number of aromatic nitrogens is 3. The zero-order valence-corrected chi connectivity index (χ0v) is 14.4. The molecule has 1 aromatic carbocycles. The van der Waals surface area contributed by atoms with E-state index in [-0.39, 0.29) is 28.4 Å². The molecule has 1 saturated heterocycles. The van der Waals surface area contributed by atoms with Gasteiger partial charge in [0, 0.05) is 25.1 Å². The normalized spacial score (nSPS) is 17.6. The maximum Gasteiger partial charge on any atom is 0.311 e. The minimum Gasteiger partial charge on any atom is -0.350 e. The lowest BCUT2D eigenvalue weighted by molar-refractivity contribution is -0.384. The zero-order chi connectivity index (χ0) is 18.3. The lowest BCUT2D eigenvalue weighted by Gasteiger charge is -2.32. The summed E-state index contributed by atoms with van der Waals surface area (Å²) in [5.41, 5.74) is 1.27. The first-order chi connectivity index (χ1) is 12.5. The molecule has 1 fully saturated rings. The van der Waals surface area contributed by atoms with Crippen LogP contribution in [0, 0.1) is 15.9 Å². The number of piperidine rings is 1. The number of fused-ring (bicyclic) bond motifs is 1. The van der Waals surface area contributed by atoms with E-state index >= 15 is 0 Å². The Kier molecular flexibility index (Phi) is 4.20. The van der Waals surface area contributed by atoms with Gasteiger partial charge in [-0.05, 0) is 37.1 Å². The Bertz CT molecular complexity index is 992. The Morgan fingerprint density at radius 1 is 1.31 bits per heavy atom. The second kappa shape index (κ2) is 6.53. The first-order valence-corrected chi connectivity index (χ1v) is 8.60. The van der Waals surface area contributed by atoms with Crippen LogP contribution in [0.5, 0.6) is 0 Å². The fraction of sp³-hybridized carbons (Fsp3) is 0.294. The Hall–Kier alpha value is -2.74. The molecular formula is C17H15ClFN5O2. The van der Waals surface area contributed by atoms with E-state index in [0.29, 0.717) is 24.1 Å². The number of pyridine rings is 1. The second-order valence-electron chi connectivity index (χ2n) is 6.30. The van der Waals surface area contributed by atoms with Gasteiger partial charge < -0.3 is 9.88 Å². The minimum atomic E-state index is -0.452. The van der Waals surface area contributed by atoms with Crippen LogP contribution in [0.25, 0.3) is 11.0 Å². The summed E-state index contributed by atoms with van der Waals surface area (Å²) in [6.45, 7) is 1.18. The number of hydrogen-bond acceptors (Lipinski definition) is 5. The van der Waals surface area contributed by atoms with E-state index in [1.54, 1.807) is 6.07 Å². The molecule has 0 amide bonds. The number of nitrogens with zero attached hydrogens (tertiary/aromatic N) is 4. The van der Waals surface area contributed by atoms with Crippen LogP contribution in [0.15, 0.2) is 30.3 Å². The van der Waals surface area contributed by atoms with Gasteiger partial charge in [-0.1, -0.05) is 11.6 Å². The molecule has 1 unspecified atom stereocenters. The SMILES string of the molecule is O=[N+]([O-])c1ccc(Cl)nc1N1CCCC(c2nc3ccc(F)cc3[nH]2)C1. The Morgan fingerprint density at radius 3 is 2.96 bits per heavy atom. The third-order valence-corrected chi connectivity index (χ3v) is 4.80. The molecule has 1 aliphatic heterocycles. The van der Waals surface area contributed by atoms with Crippen LogP contribution in [0.4, 0.5) is 15.9 Å². The molecule has 3 aromatic rings. The molecule has 1 atom stereocenters. The third kappa shape index (κ3) is 3.08. The highest BCUT2D eigenvalue weighted by Gasteiger charge is 2.29. The van der Waals surface area contributed by atoms with Crippen molar-refractivity contribution >= 4 is 34.1 Å². The summed E-state index contributed by atoms with van der Waals surface area (Å²) >= 11 is 5.95. The number of benzene rings is 1. The van der Waals surface area contributed by atoms with E-state index in [1.165, 1.54) is 24.3 Å². The predicted octanol–water partition coefficient (Wildman–Crippen LogP) is 4.04. The molecule has 2 aromatic heterocycles. The van der Waals surface area contributed by atoms with Gasteiger partial charge >= 0.3 is 5.69 Å². The average Bonchev–Trinajstić information content (AvgIpc) is 3.04. The zero-order valence-electron chi connectivity index (χ0n) is 13.7. The maximum atomic E-state index is 13.4. The highest BCUT2D eigenvalue weighted by atomic mass is 35.5. The van der Waals surface area contributed by atoms with Crippen molar-refractivity contribution in [1.29, 1.82) is 0 Å². The van der Waals surface area contributed by atoms with E-state index in [2.05, 4.69) is 15.0 Å². The molecule has 0 bridgehead atoms. The number of nitro groups is 1. The lowest BCUT2D eigenvalue weighted by atomic mass is 9.97. The van der Waals surface area contributed by atoms with Gasteiger partial charge in [-0.25, -0.2) is 14.4 Å². The molecule has 1 aliphatic rings. The maximum absolute atomic E-state index is 13.4. The highest BCUT2D eigenvalue weighted by Crippen LogP contribution is 2.34. The summed E-state index contributed by atoms with van der Waals surface area (Å²) in [6.07, 6.45) is 1.72. The largest absolute Gasteiger partial charge is 0.350 e. The van der Waals surface area contributed by atoms with E-state index in [0.717, 1.165) is 18.7 Å². The smallest absolute Gasteiger partial charge is 0.311 e. The van der Waals surface area contributed by atoms with Gasteiger partial charge in [0.2, 0.25) is 5.82 Å². The fourth-order valence-electron chi connectivity index (χ4n) is 3.38. The standard InChI is InChI=1S/C17H15ClFN5O2/c18-15-6-5-14(24(25)26)17(22-15)23-7-1-2-10(9-23)16-20-12-4-3-11(19)8-13(12)21-16/h3-6,8,10H,1-2,7,9H2,(H,20,21). The second-order valence-corrected chi connectivity index (χ2v) is 6.69. The minimum absolute atomic E-state index is 0.0413. The van der Waals surface area contributed by atoms with Crippen LogP contribution in [-0.4, -0.2) is 33.0 Å². The number of rotatable bonds is 3. The number of H-pyrrole nitrogens is 1. The van der Waals surface area contributed by atoms with Gasteiger partial charge in [0.1, 0.15) is 16.8 Å². The molecule has 7 nitrogen and oxygen atoms in total. The van der Waals surface area contributed by atoms with Gasteiger partial charge in [0.25, 0.3) is 0 Å². The van der Waals surface area contributed by atoms with Crippen LogP contribution in [-0.2, 0) is 0 Å². The number of halogens is 2. The summed E-state index contributed by atoms with van der Waals surface area (Å²) in [7, 11) is 0. The predicted molar refractivity (Wildman–Crippen MR) is 96.1 cm³/mol. The molecule has 1 N–H and O–H groups in total. The molecule has 0 saturated carbocycles. The molecule has 134 valence electrons. The van der Waals surface area contributed by atoms with Crippen LogP contribution in [0.3, 0.4) is 0 Å². The van der Waals surface area contributed by atoms with Crippen LogP contribution < -0.4 is 4.90 Å². The van der Waals surface area contributed by atoms with Crippen molar-refractivity contribution < 1.29 is 9.31 Å². The van der Waals surface area contributed by atoms with E-state index < -0.39 is 4.92 Å². The Balaban J connectivity index is 1.65. The van der Waals surface area contributed by atoms with Crippen LogP contribution >= 0.6 is 11.6 Å². The van der Waals surface area contributed by atoms with Gasteiger partial charge in [0.05, 0.1) is 16.0 Å². The van der Waals surface area contributed by atoms with Crippen molar-refractivity contribution in [3.8, 4) is 0 Å². The summed E-state index contributed by atoms with van der Waals surface area (Å²) < 4.78 is 13.4. The number of nitrogens with one attached hydrogen (secondary N) is 1. The number of anilines is 1. The van der Waals surface area contributed by atoms with Gasteiger partial charge in [0.15, 0.2) is 0 Å². The van der Waals surface area contributed by atoms with Gasteiger partial charge in [-0.2, -0.15) is 0 Å². The first kappa shape index (κ1) is 16.7. The monoisotopic (exact) mass is 375 g/mol. The topological polar surface area (TPSA) is 87.9 Å². The quantitative estimate of drug-likeness (QED) is 0.424. The molecule has 3 heterocycles. The molecule has 26 heavy (non-hydrogen) atoms. The molecule has 4 rings (SSSR count). The highest BCUT2D eigenvalue weighted by molar-refractivity contribution is 6.29. The molecule has 0 spiro atoms. The van der Waals surface area contributed by atoms with Crippen LogP contribution in [0.2, 0.25) is 5.15 Å². The molecular weight excluding hydrogens is 361 g/mol. The average molecular weight is 376 g/mol. The van der Waals surface area contributed by atoms with Gasteiger partial charge in [-0.15, -0.1) is 0 Å². The van der Waals surface area contributed by atoms with Crippen LogP contribution in [0.1, 0.15) is 24.6 Å². The summed E-state index contributed by atoms with van der Waals surface area (Å²) in [4.78, 5) is 24.6. The van der Waals surface area contributed by atoms with Crippen molar-refractivity contribution in [2.24, 2.45) is 0 Å². The number of imidazole rings is 1. The first-order valence-electron chi connectivity index (χ1n) is 8.22. The van der Waals surface area contributed by atoms with E-state index in [9.17, 15) is 14.5 Å². The Morgan fingerprint density at radius 2 is 2.15 bits per heavy atom. The Labute approximate surface area is 153 Å². The summed E-state index contributed by atoms with van der Waals surface area (Å²) in [6, 6.07) is 7.21. The summed E-state index contributed by atoms with van der Waals surface area (Å²) in [5.74, 6) is 0.741. The van der Waals surface area contributed by atoms with Crippen molar-refractivity contribution in [2.75, 3.05) is 18.0 Å². The van der Waals surface area contributed by atoms with E-state index in [4.69, 9.17) is 11.6 Å². The van der Waals surface area contributed by atoms with Crippen molar-refractivity contribution in [1.82, 2.24) is 15.0 Å². The fourth-order valence-corrected chi connectivity index (χ4v) is 3.52. The summed E-state index contributed by atoms with van der Waals surface area (Å²) in [5, 5.41) is 11.5. The lowest BCUT2D eigenvalue weighted by Crippen LogP contribution is -2.35. The molecule has 9 heteroatoms. The van der Waals surface area contributed by atoms with Crippen molar-refractivity contribution in [3.63, 3.8) is 0 Å². The van der Waals surface area contributed by atoms with E-state index in [1.807, 2.05) is 4.90 Å².